The maximum Gasteiger partial charge on any atom is 0.339 e. The van der Waals surface area contributed by atoms with Gasteiger partial charge in [-0.1, -0.05) is 0 Å². The normalized spacial score (nSPS) is 11.2. The Balaban J connectivity index is 2.78. The molecule has 0 amide bonds. The van der Waals surface area contributed by atoms with Crippen molar-refractivity contribution in [1.29, 1.82) is 0 Å². The first-order valence-electron chi connectivity index (χ1n) is 4.81. The minimum atomic E-state index is -1.03. The molecule has 0 atom stereocenters. The third-order valence-corrected chi connectivity index (χ3v) is 2.14. The second-order valence-electron chi connectivity index (χ2n) is 3.93. The standard InChI is InChI=1S/C11H15NO4/c1-11(2,15-3)7-16-9-6-12-5-4-8(9)10(13)14/h4-6H,7H2,1-3H3,(H,13,14). The van der Waals surface area contributed by atoms with Gasteiger partial charge in [-0.25, -0.2) is 4.79 Å². The Bertz CT molecular complexity index is 376. The van der Waals surface area contributed by atoms with Crippen molar-refractivity contribution in [3.05, 3.63) is 24.0 Å². The van der Waals surface area contributed by atoms with Gasteiger partial charge in [0.1, 0.15) is 12.2 Å². The van der Waals surface area contributed by atoms with E-state index in [1.54, 1.807) is 7.11 Å². The molecule has 0 bridgehead atoms. The van der Waals surface area contributed by atoms with Crippen molar-refractivity contribution in [3.63, 3.8) is 0 Å². The van der Waals surface area contributed by atoms with Crippen LogP contribution in [0.3, 0.4) is 0 Å². The molecule has 0 fully saturated rings. The molecule has 1 aromatic rings. The van der Waals surface area contributed by atoms with Gasteiger partial charge in [0, 0.05) is 13.3 Å². The Morgan fingerprint density at radius 1 is 1.56 bits per heavy atom. The third kappa shape index (κ3) is 3.20. The van der Waals surface area contributed by atoms with E-state index >= 15 is 0 Å². The number of aromatic nitrogens is 1. The summed E-state index contributed by atoms with van der Waals surface area (Å²) in [5, 5.41) is 8.91. The molecular formula is C11H15NO4. The summed E-state index contributed by atoms with van der Waals surface area (Å²) >= 11 is 0. The van der Waals surface area contributed by atoms with Gasteiger partial charge in [0.25, 0.3) is 0 Å². The molecule has 1 rings (SSSR count). The van der Waals surface area contributed by atoms with Crippen LogP contribution in [-0.4, -0.2) is 35.4 Å². The number of rotatable bonds is 5. The molecule has 0 radical (unpaired) electrons. The number of carboxylic acids is 1. The van der Waals surface area contributed by atoms with Crippen LogP contribution in [0.15, 0.2) is 18.5 Å². The zero-order chi connectivity index (χ0) is 12.2. The molecule has 5 nitrogen and oxygen atoms in total. The Morgan fingerprint density at radius 2 is 2.25 bits per heavy atom. The van der Waals surface area contributed by atoms with E-state index in [0.29, 0.717) is 0 Å². The number of aromatic carboxylic acids is 1. The number of methoxy groups -OCH3 is 1. The van der Waals surface area contributed by atoms with Crippen LogP contribution in [0.25, 0.3) is 0 Å². The van der Waals surface area contributed by atoms with Crippen molar-refractivity contribution in [2.24, 2.45) is 0 Å². The van der Waals surface area contributed by atoms with Gasteiger partial charge in [-0.05, 0) is 19.9 Å². The lowest BCUT2D eigenvalue weighted by atomic mass is 10.1. The molecule has 0 aliphatic rings. The highest BCUT2D eigenvalue weighted by Crippen LogP contribution is 2.18. The first-order chi connectivity index (χ1) is 7.46. The lowest BCUT2D eigenvalue weighted by Gasteiger charge is -2.23. The molecule has 0 unspecified atom stereocenters. The van der Waals surface area contributed by atoms with Gasteiger partial charge < -0.3 is 14.6 Å². The summed E-state index contributed by atoms with van der Waals surface area (Å²) < 4.78 is 10.6. The molecule has 88 valence electrons. The number of pyridine rings is 1. The minimum absolute atomic E-state index is 0.0990. The summed E-state index contributed by atoms with van der Waals surface area (Å²) in [6.45, 7) is 3.96. The van der Waals surface area contributed by atoms with Crippen molar-refractivity contribution in [2.75, 3.05) is 13.7 Å². The zero-order valence-electron chi connectivity index (χ0n) is 9.56. The van der Waals surface area contributed by atoms with Gasteiger partial charge in [0.05, 0.1) is 11.8 Å². The SMILES string of the molecule is COC(C)(C)COc1cnccc1C(=O)O. The summed E-state index contributed by atoms with van der Waals surface area (Å²) in [6.07, 6.45) is 2.80. The van der Waals surface area contributed by atoms with Crippen molar-refractivity contribution in [1.82, 2.24) is 4.98 Å². The second kappa shape index (κ2) is 4.94. The molecule has 1 aromatic heterocycles. The highest BCUT2D eigenvalue weighted by molar-refractivity contribution is 5.90. The second-order valence-corrected chi connectivity index (χ2v) is 3.93. The molecule has 0 aliphatic heterocycles. The maximum atomic E-state index is 10.9. The predicted octanol–water partition coefficient (Wildman–Crippen LogP) is 1.58. The van der Waals surface area contributed by atoms with Crippen LogP contribution in [-0.2, 0) is 4.74 Å². The monoisotopic (exact) mass is 225 g/mol. The van der Waals surface area contributed by atoms with Crippen LogP contribution in [0.2, 0.25) is 0 Å². The van der Waals surface area contributed by atoms with Crippen LogP contribution >= 0.6 is 0 Å². The molecule has 1 N–H and O–H groups in total. The number of ether oxygens (including phenoxy) is 2. The van der Waals surface area contributed by atoms with Crippen LogP contribution in [0, 0.1) is 0 Å². The summed E-state index contributed by atoms with van der Waals surface area (Å²) in [7, 11) is 1.57. The van der Waals surface area contributed by atoms with Gasteiger partial charge in [-0.3, -0.25) is 4.98 Å². The van der Waals surface area contributed by atoms with E-state index in [-0.39, 0.29) is 17.9 Å². The van der Waals surface area contributed by atoms with Gasteiger partial charge in [-0.15, -0.1) is 0 Å². The van der Waals surface area contributed by atoms with Gasteiger partial charge in [-0.2, -0.15) is 0 Å². The zero-order valence-corrected chi connectivity index (χ0v) is 9.56. The molecule has 0 spiro atoms. The molecule has 5 heteroatoms. The number of carboxylic acid groups (broad SMARTS) is 1. The fraction of sp³-hybridized carbons (Fsp3) is 0.455. The lowest BCUT2D eigenvalue weighted by molar-refractivity contribution is -0.0150. The largest absolute Gasteiger partial charge is 0.488 e. The third-order valence-electron chi connectivity index (χ3n) is 2.14. The quantitative estimate of drug-likeness (QED) is 0.824. The molecule has 16 heavy (non-hydrogen) atoms. The van der Waals surface area contributed by atoms with Crippen LogP contribution in [0.1, 0.15) is 24.2 Å². The summed E-state index contributed by atoms with van der Waals surface area (Å²) in [5.74, 6) is -0.784. The van der Waals surface area contributed by atoms with E-state index in [0.717, 1.165) is 0 Å². The Hall–Kier alpha value is -1.62. The van der Waals surface area contributed by atoms with Gasteiger partial charge in [0.2, 0.25) is 0 Å². The molecular weight excluding hydrogens is 210 g/mol. The maximum absolute atomic E-state index is 10.9. The number of hydrogen-bond acceptors (Lipinski definition) is 4. The van der Waals surface area contributed by atoms with E-state index in [9.17, 15) is 4.79 Å². The van der Waals surface area contributed by atoms with Crippen LogP contribution in [0.4, 0.5) is 0 Å². The number of nitrogens with zero attached hydrogens (tertiary/aromatic N) is 1. The van der Waals surface area contributed by atoms with E-state index < -0.39 is 11.6 Å². The first-order valence-corrected chi connectivity index (χ1v) is 4.81. The fourth-order valence-electron chi connectivity index (χ4n) is 0.982. The summed E-state index contributed by atoms with van der Waals surface area (Å²) in [4.78, 5) is 14.7. The molecule has 0 saturated carbocycles. The summed E-state index contributed by atoms with van der Waals surface area (Å²) in [5.41, 5.74) is -0.368. The highest BCUT2D eigenvalue weighted by Gasteiger charge is 2.19. The predicted molar refractivity (Wildman–Crippen MR) is 57.8 cm³/mol. The number of carbonyl (C=O) groups is 1. The molecule has 0 saturated heterocycles. The molecule has 0 aliphatic carbocycles. The topological polar surface area (TPSA) is 68.7 Å². The fourth-order valence-corrected chi connectivity index (χ4v) is 0.982. The van der Waals surface area contributed by atoms with E-state index in [2.05, 4.69) is 4.98 Å². The lowest BCUT2D eigenvalue weighted by Crippen LogP contribution is -2.31. The van der Waals surface area contributed by atoms with Crippen LogP contribution in [0.5, 0.6) is 5.75 Å². The smallest absolute Gasteiger partial charge is 0.339 e. The summed E-state index contributed by atoms with van der Waals surface area (Å²) in [6, 6.07) is 1.40. The Kier molecular flexibility index (Phi) is 3.84. The average molecular weight is 225 g/mol. The van der Waals surface area contributed by atoms with E-state index in [4.69, 9.17) is 14.6 Å². The van der Waals surface area contributed by atoms with Crippen molar-refractivity contribution >= 4 is 5.97 Å². The van der Waals surface area contributed by atoms with Crippen molar-refractivity contribution in [2.45, 2.75) is 19.4 Å². The highest BCUT2D eigenvalue weighted by atomic mass is 16.5. The Morgan fingerprint density at radius 3 is 2.81 bits per heavy atom. The minimum Gasteiger partial charge on any atom is -0.488 e. The van der Waals surface area contributed by atoms with Gasteiger partial charge >= 0.3 is 5.97 Å². The molecule has 1 heterocycles. The van der Waals surface area contributed by atoms with Crippen molar-refractivity contribution in [3.8, 4) is 5.75 Å². The Labute approximate surface area is 94.0 Å². The molecule has 0 aromatic carbocycles. The van der Waals surface area contributed by atoms with E-state index in [1.165, 1.54) is 18.5 Å². The first kappa shape index (κ1) is 12.4. The van der Waals surface area contributed by atoms with E-state index in [1.807, 2.05) is 13.8 Å². The van der Waals surface area contributed by atoms with Crippen molar-refractivity contribution < 1.29 is 19.4 Å². The average Bonchev–Trinajstić information content (AvgIpc) is 2.27. The van der Waals surface area contributed by atoms with Gasteiger partial charge in [0.15, 0.2) is 5.75 Å². The van der Waals surface area contributed by atoms with Crippen LogP contribution < -0.4 is 4.74 Å². The number of hydrogen-bond donors (Lipinski definition) is 1.